The van der Waals surface area contributed by atoms with Crippen LogP contribution in [0.1, 0.15) is 13.8 Å². The van der Waals surface area contributed by atoms with E-state index in [1.54, 1.807) is 13.8 Å². The first-order chi connectivity index (χ1) is 5.09. The SMILES string of the molecule is COC/N=C(N)/C(C)=C(/C)O. The van der Waals surface area contributed by atoms with Gasteiger partial charge in [-0.25, -0.2) is 4.99 Å². The summed E-state index contributed by atoms with van der Waals surface area (Å²) in [5, 5.41) is 8.97. The van der Waals surface area contributed by atoms with Gasteiger partial charge in [0.1, 0.15) is 12.6 Å². The molecule has 0 rings (SSSR count). The number of ether oxygens (including phenoxy) is 1. The summed E-state index contributed by atoms with van der Waals surface area (Å²) in [5.74, 6) is 0.495. The van der Waals surface area contributed by atoms with Gasteiger partial charge in [-0.05, 0) is 13.8 Å². The van der Waals surface area contributed by atoms with E-state index in [4.69, 9.17) is 10.8 Å². The summed E-state index contributed by atoms with van der Waals surface area (Å²) in [5.41, 5.74) is 6.04. The van der Waals surface area contributed by atoms with Crippen molar-refractivity contribution in [2.45, 2.75) is 13.8 Å². The van der Waals surface area contributed by atoms with Crippen LogP contribution in [0, 0.1) is 0 Å². The van der Waals surface area contributed by atoms with Crippen molar-refractivity contribution in [2.24, 2.45) is 10.7 Å². The lowest BCUT2D eigenvalue weighted by Gasteiger charge is -2.01. The second-order valence-corrected chi connectivity index (χ2v) is 2.17. The third-order valence-corrected chi connectivity index (χ3v) is 1.29. The Morgan fingerprint density at radius 2 is 2.09 bits per heavy atom. The van der Waals surface area contributed by atoms with Gasteiger partial charge >= 0.3 is 0 Å². The first-order valence-electron chi connectivity index (χ1n) is 3.25. The lowest BCUT2D eigenvalue weighted by atomic mass is 10.2. The first-order valence-corrected chi connectivity index (χ1v) is 3.25. The van der Waals surface area contributed by atoms with Crippen molar-refractivity contribution in [2.75, 3.05) is 13.8 Å². The number of hydrogen-bond donors (Lipinski definition) is 2. The van der Waals surface area contributed by atoms with Crippen molar-refractivity contribution in [1.82, 2.24) is 0 Å². The highest BCUT2D eigenvalue weighted by molar-refractivity contribution is 5.96. The van der Waals surface area contributed by atoms with Gasteiger partial charge in [-0.2, -0.15) is 0 Å². The van der Waals surface area contributed by atoms with Crippen LogP contribution in [-0.4, -0.2) is 24.8 Å². The molecule has 0 radical (unpaired) electrons. The predicted molar refractivity (Wildman–Crippen MR) is 44.5 cm³/mol. The van der Waals surface area contributed by atoms with E-state index in [0.717, 1.165) is 0 Å². The zero-order chi connectivity index (χ0) is 8.85. The fourth-order valence-corrected chi connectivity index (χ4v) is 0.438. The predicted octanol–water partition coefficient (Wildman–Crippen LogP) is 0.799. The lowest BCUT2D eigenvalue weighted by molar-refractivity contribution is 0.209. The number of nitrogens with zero attached hydrogens (tertiary/aromatic N) is 1. The Labute approximate surface area is 66.4 Å². The van der Waals surface area contributed by atoms with Crippen LogP contribution < -0.4 is 5.73 Å². The average Bonchev–Trinajstić information content (AvgIpc) is 1.98. The molecular formula is C7H14N2O2. The molecule has 0 atom stereocenters. The Hall–Kier alpha value is -1.03. The van der Waals surface area contributed by atoms with Crippen LogP contribution in [0.2, 0.25) is 0 Å². The molecule has 0 saturated carbocycles. The number of aliphatic imine (C=N–C) groups is 1. The minimum absolute atomic E-state index is 0.183. The van der Waals surface area contributed by atoms with Gasteiger partial charge in [-0.1, -0.05) is 0 Å². The summed E-state index contributed by atoms with van der Waals surface area (Å²) in [6, 6.07) is 0. The Morgan fingerprint density at radius 1 is 1.55 bits per heavy atom. The van der Waals surface area contributed by atoms with E-state index in [1.165, 1.54) is 7.11 Å². The molecule has 4 nitrogen and oxygen atoms in total. The van der Waals surface area contributed by atoms with Crippen molar-refractivity contribution < 1.29 is 9.84 Å². The molecule has 0 amide bonds. The molecule has 0 heterocycles. The maximum Gasteiger partial charge on any atom is 0.139 e. The summed E-state index contributed by atoms with van der Waals surface area (Å²) >= 11 is 0. The zero-order valence-electron chi connectivity index (χ0n) is 7.09. The molecule has 4 heteroatoms. The second kappa shape index (κ2) is 4.73. The molecule has 0 bridgehead atoms. The molecule has 0 saturated heterocycles. The van der Waals surface area contributed by atoms with Crippen molar-refractivity contribution in [1.29, 1.82) is 0 Å². The van der Waals surface area contributed by atoms with Crippen molar-refractivity contribution >= 4 is 5.84 Å². The number of methoxy groups -OCH3 is 1. The van der Waals surface area contributed by atoms with Gasteiger partial charge < -0.3 is 15.6 Å². The standard InChI is InChI=1S/C7H14N2O2/c1-5(6(2)10)7(8)9-4-11-3/h10H,4H2,1-3H3,(H2,8,9)/b6-5-. The van der Waals surface area contributed by atoms with Gasteiger partial charge in [0.2, 0.25) is 0 Å². The number of nitrogens with two attached hydrogens (primary N) is 1. The summed E-state index contributed by atoms with van der Waals surface area (Å²) < 4.78 is 4.67. The van der Waals surface area contributed by atoms with E-state index >= 15 is 0 Å². The van der Waals surface area contributed by atoms with Crippen LogP contribution in [0.15, 0.2) is 16.3 Å². The zero-order valence-corrected chi connectivity index (χ0v) is 7.09. The fraction of sp³-hybridized carbons (Fsp3) is 0.571. The number of aliphatic hydroxyl groups excluding tert-OH is 1. The highest BCUT2D eigenvalue weighted by atomic mass is 16.5. The first kappa shape index (κ1) is 9.97. The molecule has 0 unspecified atom stereocenters. The molecule has 0 aliphatic rings. The van der Waals surface area contributed by atoms with Crippen LogP contribution in [0.5, 0.6) is 0 Å². The number of allylic oxidation sites excluding steroid dienone is 1. The molecule has 0 aromatic rings. The average molecular weight is 158 g/mol. The summed E-state index contributed by atoms with van der Waals surface area (Å²) in [6.45, 7) is 3.48. The third kappa shape index (κ3) is 3.62. The minimum atomic E-state index is 0.183. The van der Waals surface area contributed by atoms with E-state index in [2.05, 4.69) is 9.73 Å². The van der Waals surface area contributed by atoms with Crippen molar-refractivity contribution in [3.63, 3.8) is 0 Å². The fourth-order valence-electron chi connectivity index (χ4n) is 0.438. The maximum absolute atomic E-state index is 8.97. The summed E-state index contributed by atoms with van der Waals surface area (Å²) in [4.78, 5) is 3.82. The lowest BCUT2D eigenvalue weighted by Crippen LogP contribution is -2.15. The quantitative estimate of drug-likeness (QED) is 0.362. The molecule has 0 fully saturated rings. The molecular weight excluding hydrogens is 144 g/mol. The Kier molecular flexibility index (Phi) is 4.29. The number of rotatable bonds is 3. The van der Waals surface area contributed by atoms with Crippen LogP contribution in [0.4, 0.5) is 0 Å². The monoisotopic (exact) mass is 158 g/mol. The highest BCUT2D eigenvalue weighted by Gasteiger charge is 1.98. The van der Waals surface area contributed by atoms with Crippen LogP contribution in [0.25, 0.3) is 0 Å². The third-order valence-electron chi connectivity index (χ3n) is 1.29. The van der Waals surface area contributed by atoms with Crippen molar-refractivity contribution in [3.8, 4) is 0 Å². The van der Waals surface area contributed by atoms with Gasteiger partial charge in [0.25, 0.3) is 0 Å². The Balaban J connectivity index is 4.24. The van der Waals surface area contributed by atoms with E-state index in [1.807, 2.05) is 0 Å². The Bertz CT molecular complexity index is 181. The topological polar surface area (TPSA) is 67.8 Å². The van der Waals surface area contributed by atoms with Crippen LogP contribution >= 0.6 is 0 Å². The molecule has 11 heavy (non-hydrogen) atoms. The van der Waals surface area contributed by atoms with E-state index in [0.29, 0.717) is 11.4 Å². The van der Waals surface area contributed by atoms with E-state index in [9.17, 15) is 0 Å². The summed E-state index contributed by atoms with van der Waals surface area (Å²) in [7, 11) is 1.53. The number of amidine groups is 1. The van der Waals surface area contributed by atoms with Gasteiger partial charge in [-0.3, -0.25) is 0 Å². The molecule has 0 aromatic heterocycles. The Morgan fingerprint density at radius 3 is 2.45 bits per heavy atom. The molecule has 0 spiro atoms. The minimum Gasteiger partial charge on any atom is -0.512 e. The molecule has 0 aromatic carbocycles. The van der Waals surface area contributed by atoms with Gasteiger partial charge in [-0.15, -0.1) is 0 Å². The van der Waals surface area contributed by atoms with Crippen LogP contribution in [0.3, 0.4) is 0 Å². The van der Waals surface area contributed by atoms with Gasteiger partial charge in [0, 0.05) is 12.7 Å². The van der Waals surface area contributed by atoms with Crippen LogP contribution in [-0.2, 0) is 4.74 Å². The highest BCUT2D eigenvalue weighted by Crippen LogP contribution is 1.98. The second-order valence-electron chi connectivity index (χ2n) is 2.17. The maximum atomic E-state index is 8.97. The molecule has 0 aliphatic carbocycles. The number of aliphatic hydroxyl groups is 1. The van der Waals surface area contributed by atoms with Crippen molar-refractivity contribution in [3.05, 3.63) is 11.3 Å². The smallest absolute Gasteiger partial charge is 0.139 e. The summed E-state index contributed by atoms with van der Waals surface area (Å²) in [6.07, 6.45) is 0. The normalized spacial score (nSPS) is 14.6. The van der Waals surface area contributed by atoms with E-state index in [-0.39, 0.29) is 12.5 Å². The number of hydrogen-bond acceptors (Lipinski definition) is 3. The van der Waals surface area contributed by atoms with Gasteiger partial charge in [0.05, 0.1) is 5.76 Å². The molecule has 64 valence electrons. The molecule has 3 N–H and O–H groups in total. The van der Waals surface area contributed by atoms with Gasteiger partial charge in [0.15, 0.2) is 0 Å². The largest absolute Gasteiger partial charge is 0.512 e. The molecule has 0 aliphatic heterocycles. The van der Waals surface area contributed by atoms with E-state index < -0.39 is 0 Å².